The molecule has 0 fully saturated rings. The van der Waals surface area contributed by atoms with Crippen molar-refractivity contribution in [2.75, 3.05) is 27.4 Å². The SMILES string of the molecule is COc1cccc(S(=O)(=O)NCCCO)c1OC. The number of benzene rings is 1. The Balaban J connectivity index is 3.08. The number of sulfonamides is 1. The van der Waals surface area contributed by atoms with Gasteiger partial charge in [-0.25, -0.2) is 13.1 Å². The van der Waals surface area contributed by atoms with Crippen LogP contribution in [0.25, 0.3) is 0 Å². The molecule has 0 aliphatic carbocycles. The molecule has 0 aliphatic heterocycles. The van der Waals surface area contributed by atoms with Gasteiger partial charge in [0, 0.05) is 13.2 Å². The van der Waals surface area contributed by atoms with Crippen LogP contribution >= 0.6 is 0 Å². The second-order valence-electron chi connectivity index (χ2n) is 3.47. The van der Waals surface area contributed by atoms with Crippen molar-refractivity contribution in [2.45, 2.75) is 11.3 Å². The summed E-state index contributed by atoms with van der Waals surface area (Å²) in [5.74, 6) is 0.513. The summed E-state index contributed by atoms with van der Waals surface area (Å²) in [6, 6.07) is 4.62. The van der Waals surface area contributed by atoms with Gasteiger partial charge < -0.3 is 14.6 Å². The van der Waals surface area contributed by atoms with Crippen molar-refractivity contribution >= 4 is 10.0 Å². The van der Waals surface area contributed by atoms with Gasteiger partial charge in [0.1, 0.15) is 4.90 Å². The molecule has 0 atom stereocenters. The standard InChI is InChI=1S/C11H17NO5S/c1-16-9-5-3-6-10(11(9)17-2)18(14,15)12-7-4-8-13/h3,5-6,12-13H,4,7-8H2,1-2H3. The fourth-order valence-electron chi connectivity index (χ4n) is 1.43. The van der Waals surface area contributed by atoms with E-state index in [4.69, 9.17) is 14.6 Å². The van der Waals surface area contributed by atoms with Gasteiger partial charge in [0.15, 0.2) is 11.5 Å². The summed E-state index contributed by atoms with van der Waals surface area (Å²) < 4.78 is 36.5. The number of aliphatic hydroxyl groups excluding tert-OH is 1. The summed E-state index contributed by atoms with van der Waals surface area (Å²) in [6.45, 7) is 0.0942. The van der Waals surface area contributed by atoms with Crippen LogP contribution in [-0.2, 0) is 10.0 Å². The lowest BCUT2D eigenvalue weighted by Crippen LogP contribution is -2.25. The molecule has 7 heteroatoms. The highest BCUT2D eigenvalue weighted by atomic mass is 32.2. The first kappa shape index (κ1) is 14.7. The maximum absolute atomic E-state index is 12.0. The van der Waals surface area contributed by atoms with Crippen LogP contribution in [0.5, 0.6) is 11.5 Å². The van der Waals surface area contributed by atoms with Crippen LogP contribution < -0.4 is 14.2 Å². The number of para-hydroxylation sites is 1. The van der Waals surface area contributed by atoms with E-state index < -0.39 is 10.0 Å². The van der Waals surface area contributed by atoms with Crippen LogP contribution in [0.3, 0.4) is 0 Å². The molecular formula is C11H17NO5S. The molecule has 1 rings (SSSR count). The average Bonchev–Trinajstić information content (AvgIpc) is 2.37. The summed E-state index contributed by atoms with van der Waals surface area (Å²) in [6.07, 6.45) is 0.353. The van der Waals surface area contributed by atoms with Gasteiger partial charge in [-0.2, -0.15) is 0 Å². The van der Waals surface area contributed by atoms with Gasteiger partial charge in [-0.15, -0.1) is 0 Å². The third kappa shape index (κ3) is 3.34. The molecule has 0 radical (unpaired) electrons. The van der Waals surface area contributed by atoms with Gasteiger partial charge in [0.2, 0.25) is 10.0 Å². The lowest BCUT2D eigenvalue weighted by atomic mass is 10.3. The Morgan fingerprint density at radius 1 is 1.28 bits per heavy atom. The van der Waals surface area contributed by atoms with Crippen molar-refractivity contribution in [1.82, 2.24) is 4.72 Å². The van der Waals surface area contributed by atoms with Crippen LogP contribution in [0.4, 0.5) is 0 Å². The van der Waals surface area contributed by atoms with Gasteiger partial charge in [-0.05, 0) is 18.6 Å². The van der Waals surface area contributed by atoms with Crippen molar-refractivity contribution in [3.05, 3.63) is 18.2 Å². The van der Waals surface area contributed by atoms with E-state index in [0.29, 0.717) is 12.2 Å². The Labute approximate surface area is 107 Å². The Bertz CT molecular complexity index is 486. The van der Waals surface area contributed by atoms with Crippen molar-refractivity contribution in [2.24, 2.45) is 0 Å². The Morgan fingerprint density at radius 3 is 2.56 bits per heavy atom. The third-order valence-corrected chi connectivity index (χ3v) is 3.77. The maximum Gasteiger partial charge on any atom is 0.244 e. The fraction of sp³-hybridized carbons (Fsp3) is 0.455. The molecule has 0 aromatic heterocycles. The smallest absolute Gasteiger partial charge is 0.244 e. The minimum absolute atomic E-state index is 0.0160. The van der Waals surface area contributed by atoms with Crippen LogP contribution in [0.2, 0.25) is 0 Å². The molecular weight excluding hydrogens is 258 g/mol. The minimum Gasteiger partial charge on any atom is -0.493 e. The molecule has 0 heterocycles. The van der Waals surface area contributed by atoms with E-state index in [2.05, 4.69) is 4.72 Å². The predicted octanol–water partition coefficient (Wildman–Crippen LogP) is 0.364. The third-order valence-electron chi connectivity index (χ3n) is 2.28. The highest BCUT2D eigenvalue weighted by molar-refractivity contribution is 7.89. The highest BCUT2D eigenvalue weighted by Gasteiger charge is 2.21. The van der Waals surface area contributed by atoms with Gasteiger partial charge in [0.05, 0.1) is 14.2 Å². The molecule has 2 N–H and O–H groups in total. The van der Waals surface area contributed by atoms with Gasteiger partial charge in [-0.3, -0.25) is 0 Å². The number of ether oxygens (including phenoxy) is 2. The maximum atomic E-state index is 12.0. The van der Waals surface area contributed by atoms with E-state index in [1.807, 2.05) is 0 Å². The van der Waals surface area contributed by atoms with Crippen molar-refractivity contribution < 1.29 is 23.0 Å². The number of hydrogen-bond donors (Lipinski definition) is 2. The highest BCUT2D eigenvalue weighted by Crippen LogP contribution is 2.33. The first-order chi connectivity index (χ1) is 8.56. The molecule has 0 spiro atoms. The average molecular weight is 275 g/mol. The van der Waals surface area contributed by atoms with Crippen LogP contribution in [-0.4, -0.2) is 40.9 Å². The molecule has 0 amide bonds. The van der Waals surface area contributed by atoms with Gasteiger partial charge in [0.25, 0.3) is 0 Å². The first-order valence-electron chi connectivity index (χ1n) is 5.38. The van der Waals surface area contributed by atoms with E-state index in [1.54, 1.807) is 12.1 Å². The lowest BCUT2D eigenvalue weighted by Gasteiger charge is -2.13. The van der Waals surface area contributed by atoms with Crippen LogP contribution in [0.1, 0.15) is 6.42 Å². The fourth-order valence-corrected chi connectivity index (χ4v) is 2.69. The summed E-state index contributed by atoms with van der Waals surface area (Å²) in [5.41, 5.74) is 0. The Kier molecular flexibility index (Phi) is 5.39. The number of methoxy groups -OCH3 is 2. The van der Waals surface area contributed by atoms with Gasteiger partial charge in [-0.1, -0.05) is 6.07 Å². The molecule has 18 heavy (non-hydrogen) atoms. The molecule has 0 aliphatic rings. The number of aliphatic hydroxyl groups is 1. The van der Waals surface area contributed by atoms with Crippen LogP contribution in [0, 0.1) is 0 Å². The summed E-state index contributed by atoms with van der Waals surface area (Å²) in [7, 11) is -0.856. The van der Waals surface area contributed by atoms with E-state index in [-0.39, 0.29) is 23.8 Å². The quantitative estimate of drug-likeness (QED) is 0.702. The lowest BCUT2D eigenvalue weighted by molar-refractivity contribution is 0.289. The molecule has 0 bridgehead atoms. The summed E-state index contributed by atoms with van der Waals surface area (Å²) in [5, 5.41) is 8.64. The Hall–Kier alpha value is -1.31. The largest absolute Gasteiger partial charge is 0.493 e. The monoisotopic (exact) mass is 275 g/mol. The van der Waals surface area contributed by atoms with Crippen molar-refractivity contribution in [3.63, 3.8) is 0 Å². The normalized spacial score (nSPS) is 11.3. The molecule has 102 valence electrons. The first-order valence-corrected chi connectivity index (χ1v) is 6.86. The zero-order chi connectivity index (χ0) is 13.6. The van der Waals surface area contributed by atoms with E-state index in [9.17, 15) is 8.42 Å². The van der Waals surface area contributed by atoms with E-state index in [0.717, 1.165) is 0 Å². The van der Waals surface area contributed by atoms with E-state index >= 15 is 0 Å². The number of hydrogen-bond acceptors (Lipinski definition) is 5. The van der Waals surface area contributed by atoms with Crippen molar-refractivity contribution in [1.29, 1.82) is 0 Å². The van der Waals surface area contributed by atoms with Crippen molar-refractivity contribution in [3.8, 4) is 11.5 Å². The molecule has 0 unspecified atom stereocenters. The molecule has 0 saturated heterocycles. The molecule has 0 saturated carbocycles. The molecule has 1 aromatic rings. The molecule has 1 aromatic carbocycles. The minimum atomic E-state index is -3.67. The Morgan fingerprint density at radius 2 is 2.00 bits per heavy atom. The number of nitrogens with one attached hydrogen (secondary N) is 1. The zero-order valence-corrected chi connectivity index (χ0v) is 11.2. The summed E-state index contributed by atoms with van der Waals surface area (Å²) in [4.78, 5) is 0.0160. The predicted molar refractivity (Wildman–Crippen MR) is 66.4 cm³/mol. The second-order valence-corrected chi connectivity index (χ2v) is 5.20. The second kappa shape index (κ2) is 6.58. The summed E-state index contributed by atoms with van der Waals surface area (Å²) >= 11 is 0. The van der Waals surface area contributed by atoms with E-state index in [1.165, 1.54) is 20.3 Å². The number of rotatable bonds is 7. The van der Waals surface area contributed by atoms with Gasteiger partial charge >= 0.3 is 0 Å². The van der Waals surface area contributed by atoms with Crippen LogP contribution in [0.15, 0.2) is 23.1 Å². The molecule has 6 nitrogen and oxygen atoms in total. The zero-order valence-electron chi connectivity index (χ0n) is 10.3. The topological polar surface area (TPSA) is 84.9 Å².